The summed E-state index contributed by atoms with van der Waals surface area (Å²) in [4.78, 5) is 42.7. The zero-order chi connectivity index (χ0) is 28.1. The molecule has 1 fully saturated rings. The van der Waals surface area contributed by atoms with Gasteiger partial charge in [-0.1, -0.05) is 44.2 Å². The van der Waals surface area contributed by atoms with Gasteiger partial charge in [-0.3, -0.25) is 14.4 Å². The van der Waals surface area contributed by atoms with E-state index >= 15 is 0 Å². The molecular weight excluding hydrogens is 496 g/mol. The Bertz CT molecular complexity index is 1310. The van der Waals surface area contributed by atoms with Crippen molar-refractivity contribution in [2.45, 2.75) is 83.1 Å². The minimum atomic E-state index is -0.930. The molecule has 1 unspecified atom stereocenters. The van der Waals surface area contributed by atoms with Gasteiger partial charge in [-0.15, -0.1) is 0 Å². The lowest BCUT2D eigenvalue weighted by Crippen LogP contribution is -2.57. The molecule has 1 saturated heterocycles. The average Bonchev–Trinajstić information content (AvgIpc) is 3.14. The van der Waals surface area contributed by atoms with Crippen molar-refractivity contribution in [1.29, 1.82) is 0 Å². The molecule has 5 N–H and O–H groups in total. The number of benzene rings is 2. The van der Waals surface area contributed by atoms with E-state index in [1.807, 2.05) is 32.0 Å². The van der Waals surface area contributed by atoms with Gasteiger partial charge in [0, 0.05) is 12.0 Å². The third-order valence-corrected chi connectivity index (χ3v) is 8.75. The van der Waals surface area contributed by atoms with E-state index < -0.39 is 29.6 Å². The first-order chi connectivity index (χ1) is 18.5. The van der Waals surface area contributed by atoms with E-state index in [9.17, 15) is 24.6 Å². The summed E-state index contributed by atoms with van der Waals surface area (Å²) in [6, 6.07) is 8.12. The highest BCUT2D eigenvalue weighted by Crippen LogP contribution is 2.53. The molecule has 0 radical (unpaired) electrons. The number of hydrogen-bond donors (Lipinski definition) is 5. The van der Waals surface area contributed by atoms with Crippen LogP contribution in [0.3, 0.4) is 0 Å². The molecule has 9 heteroatoms. The topological polar surface area (TPSA) is 131 Å². The Hall–Kier alpha value is -3.59. The van der Waals surface area contributed by atoms with Gasteiger partial charge < -0.3 is 31.1 Å². The normalized spacial score (nSPS) is 26.1. The van der Waals surface area contributed by atoms with Gasteiger partial charge in [-0.2, -0.15) is 0 Å². The number of fused-ring (bicyclic) bond motifs is 4. The van der Waals surface area contributed by atoms with Gasteiger partial charge in [0.15, 0.2) is 11.5 Å². The van der Waals surface area contributed by atoms with Gasteiger partial charge in [0.25, 0.3) is 0 Å². The minimum Gasteiger partial charge on any atom is -0.504 e. The first-order valence-corrected chi connectivity index (χ1v) is 13.7. The maximum Gasteiger partial charge on any atom is 0.246 e. The third kappa shape index (κ3) is 4.73. The second-order valence-electron chi connectivity index (χ2n) is 11.8. The predicted molar refractivity (Wildman–Crippen MR) is 146 cm³/mol. The summed E-state index contributed by atoms with van der Waals surface area (Å²) in [7, 11) is 1.66. The molecule has 0 bridgehead atoms. The number of nitrogens with one attached hydrogen (secondary N) is 3. The van der Waals surface area contributed by atoms with Gasteiger partial charge in [0.1, 0.15) is 12.1 Å². The van der Waals surface area contributed by atoms with Crippen LogP contribution in [0, 0.1) is 5.41 Å². The average molecular weight is 535 g/mol. The van der Waals surface area contributed by atoms with Crippen LogP contribution in [0.2, 0.25) is 0 Å². The molecule has 2 aliphatic heterocycles. The number of nitrogens with zero attached hydrogens (tertiary/aromatic N) is 1. The summed E-state index contributed by atoms with van der Waals surface area (Å²) in [5.74, 6) is -1.53. The molecule has 208 valence electrons. The summed E-state index contributed by atoms with van der Waals surface area (Å²) in [5, 5.41) is 30.3. The molecule has 2 aromatic carbocycles. The zero-order valence-corrected chi connectivity index (χ0v) is 23.0. The Morgan fingerprint density at radius 2 is 1.79 bits per heavy atom. The molecule has 2 heterocycles. The van der Waals surface area contributed by atoms with Crippen LogP contribution in [0.5, 0.6) is 11.5 Å². The number of phenols is 2. The summed E-state index contributed by atoms with van der Waals surface area (Å²) < 4.78 is 0. The molecule has 5 rings (SSSR count). The second-order valence-corrected chi connectivity index (χ2v) is 11.8. The van der Waals surface area contributed by atoms with Crippen LogP contribution in [0.4, 0.5) is 0 Å². The van der Waals surface area contributed by atoms with Gasteiger partial charge >= 0.3 is 0 Å². The zero-order valence-electron chi connectivity index (χ0n) is 23.0. The van der Waals surface area contributed by atoms with Crippen LogP contribution in [0.25, 0.3) is 0 Å². The van der Waals surface area contributed by atoms with Crippen molar-refractivity contribution in [1.82, 2.24) is 20.9 Å². The monoisotopic (exact) mass is 534 g/mol. The van der Waals surface area contributed by atoms with Crippen molar-refractivity contribution < 1.29 is 24.6 Å². The summed E-state index contributed by atoms with van der Waals surface area (Å²) in [5.41, 5.74) is 2.78. The molecule has 3 amide bonds. The fourth-order valence-corrected chi connectivity index (χ4v) is 6.64. The first-order valence-electron chi connectivity index (χ1n) is 13.7. The number of carbonyl (C=O) groups excluding carboxylic acids is 3. The molecule has 39 heavy (non-hydrogen) atoms. The lowest BCUT2D eigenvalue weighted by atomic mass is 9.80. The van der Waals surface area contributed by atoms with Crippen molar-refractivity contribution in [3.63, 3.8) is 0 Å². The highest BCUT2D eigenvalue weighted by Gasteiger charge is 2.56. The fourth-order valence-electron chi connectivity index (χ4n) is 6.64. The fraction of sp³-hybridized carbons (Fsp3) is 0.500. The Kier molecular flexibility index (Phi) is 7.05. The number of hydrogen-bond acceptors (Lipinski definition) is 6. The van der Waals surface area contributed by atoms with Crippen molar-refractivity contribution >= 4 is 17.7 Å². The van der Waals surface area contributed by atoms with Crippen molar-refractivity contribution in [2.75, 3.05) is 7.05 Å². The van der Waals surface area contributed by atoms with Crippen molar-refractivity contribution in [3.05, 3.63) is 58.7 Å². The number of aryl methyl sites for hydroxylation is 1. The molecule has 0 saturated carbocycles. The molecule has 1 aliphatic carbocycles. The van der Waals surface area contributed by atoms with Gasteiger partial charge in [-0.05, 0) is 67.8 Å². The lowest BCUT2D eigenvalue weighted by molar-refractivity contribution is -0.145. The maximum atomic E-state index is 14.2. The van der Waals surface area contributed by atoms with Crippen molar-refractivity contribution in [2.24, 2.45) is 5.41 Å². The maximum absolute atomic E-state index is 14.2. The van der Waals surface area contributed by atoms with Crippen LogP contribution in [-0.2, 0) is 27.2 Å². The molecule has 0 spiro atoms. The van der Waals surface area contributed by atoms with Crippen molar-refractivity contribution in [3.8, 4) is 11.5 Å². The number of likely N-dealkylation sites (N-methyl/N-ethyl adjacent to an activating group) is 1. The largest absolute Gasteiger partial charge is 0.504 e. The number of phenolic OH excluding ortho intramolecular Hbond substituents is 2. The summed E-state index contributed by atoms with van der Waals surface area (Å²) >= 11 is 0. The van der Waals surface area contributed by atoms with Crippen LogP contribution < -0.4 is 16.0 Å². The summed E-state index contributed by atoms with van der Waals surface area (Å²) in [6.07, 6.45) is 3.29. The SMILES string of the molecule is CN[C@@H](C)C(=O)N[C@H]1Cc2ccc(O)c(O)c2[C@H]2CC(C)(C)C(C(=O)N[C@@H]3CCCc4ccccc43)N2C1=O. The van der Waals surface area contributed by atoms with E-state index in [0.717, 1.165) is 24.8 Å². The molecule has 5 atom stereocenters. The quantitative estimate of drug-likeness (QED) is 0.375. The Labute approximate surface area is 229 Å². The smallest absolute Gasteiger partial charge is 0.246 e. The van der Waals surface area contributed by atoms with Gasteiger partial charge in [-0.25, -0.2) is 0 Å². The Balaban J connectivity index is 1.54. The standard InChI is InChI=1S/C30H38N4O5/c1-16(31-4)27(37)33-21-14-18-12-13-23(35)25(36)24(18)22-15-30(2,3)26(34(22)29(21)39)28(38)32-20-11-7-9-17-8-5-6-10-19(17)20/h5-6,8,10,12-13,16,20-22,26,31,35-36H,7,9,11,14-15H2,1-4H3,(H,32,38)(H,33,37)/t16-,20+,21-,22+,26?/m0/s1. The Morgan fingerprint density at radius 1 is 1.05 bits per heavy atom. The van der Waals surface area contributed by atoms with Crippen LogP contribution in [0.15, 0.2) is 36.4 Å². The molecule has 2 aromatic rings. The highest BCUT2D eigenvalue weighted by molar-refractivity contribution is 5.95. The number of amides is 3. The molecule has 3 aliphatic rings. The third-order valence-electron chi connectivity index (χ3n) is 8.75. The molecular formula is C30H38N4O5. The number of rotatable bonds is 5. The predicted octanol–water partition coefficient (Wildman–Crippen LogP) is 2.61. The van der Waals surface area contributed by atoms with Gasteiger partial charge in [0.2, 0.25) is 17.7 Å². The lowest BCUT2D eigenvalue weighted by Gasteiger charge is -2.36. The van der Waals surface area contributed by atoms with E-state index in [1.165, 1.54) is 11.6 Å². The van der Waals surface area contributed by atoms with E-state index in [-0.39, 0.29) is 41.7 Å². The Morgan fingerprint density at radius 3 is 2.54 bits per heavy atom. The van der Waals surface area contributed by atoms with Crippen LogP contribution in [0.1, 0.15) is 74.4 Å². The van der Waals surface area contributed by atoms with E-state index in [4.69, 9.17) is 0 Å². The number of carbonyl (C=O) groups is 3. The summed E-state index contributed by atoms with van der Waals surface area (Å²) in [6.45, 7) is 5.60. The molecule has 0 aromatic heterocycles. The van der Waals surface area contributed by atoms with E-state index in [2.05, 4.69) is 22.0 Å². The van der Waals surface area contributed by atoms with Gasteiger partial charge in [0.05, 0.1) is 18.1 Å². The second kappa shape index (κ2) is 10.2. The highest BCUT2D eigenvalue weighted by atomic mass is 16.3. The van der Waals surface area contributed by atoms with E-state index in [1.54, 1.807) is 24.9 Å². The van der Waals surface area contributed by atoms with Crippen LogP contribution >= 0.6 is 0 Å². The minimum absolute atomic E-state index is 0.141. The van der Waals surface area contributed by atoms with Crippen LogP contribution in [-0.4, -0.2) is 58.0 Å². The number of aromatic hydroxyl groups is 2. The first kappa shape index (κ1) is 27.0. The molecule has 9 nitrogen and oxygen atoms in total. The van der Waals surface area contributed by atoms with E-state index in [0.29, 0.717) is 17.5 Å².